The number of hydrogen-bond acceptors (Lipinski definition) is 3. The zero-order valence-corrected chi connectivity index (χ0v) is 10.7. The Morgan fingerprint density at radius 3 is 2.81 bits per heavy atom. The molecule has 2 aliphatic rings. The van der Waals surface area contributed by atoms with Crippen molar-refractivity contribution in [2.24, 2.45) is 0 Å². The van der Waals surface area contributed by atoms with Gasteiger partial charge in [0.2, 0.25) is 0 Å². The number of nitrogens with one attached hydrogen (secondary N) is 1. The average Bonchev–Trinajstić information content (AvgIpc) is 2.39. The van der Waals surface area contributed by atoms with Gasteiger partial charge in [0, 0.05) is 25.7 Å². The molecular formula is C13H26N2O. The van der Waals surface area contributed by atoms with Gasteiger partial charge in [-0.25, -0.2) is 0 Å². The van der Waals surface area contributed by atoms with E-state index in [-0.39, 0.29) is 0 Å². The van der Waals surface area contributed by atoms with E-state index in [0.717, 1.165) is 6.04 Å². The topological polar surface area (TPSA) is 24.5 Å². The molecule has 0 bridgehead atoms. The van der Waals surface area contributed by atoms with Crippen LogP contribution in [0.25, 0.3) is 0 Å². The normalized spacial score (nSPS) is 37.5. The van der Waals surface area contributed by atoms with Crippen molar-refractivity contribution in [3.63, 3.8) is 0 Å². The molecule has 3 unspecified atom stereocenters. The minimum Gasteiger partial charge on any atom is -0.381 e. The molecule has 16 heavy (non-hydrogen) atoms. The smallest absolute Gasteiger partial charge is 0.0586 e. The van der Waals surface area contributed by atoms with Gasteiger partial charge in [0.05, 0.1) is 6.10 Å². The van der Waals surface area contributed by atoms with E-state index in [0.29, 0.717) is 12.1 Å². The van der Waals surface area contributed by atoms with Crippen molar-refractivity contribution in [3.05, 3.63) is 0 Å². The first-order chi connectivity index (χ1) is 7.83. The summed E-state index contributed by atoms with van der Waals surface area (Å²) in [7, 11) is 3.95. The van der Waals surface area contributed by atoms with Gasteiger partial charge in [-0.2, -0.15) is 0 Å². The lowest BCUT2D eigenvalue weighted by atomic mass is 9.90. The van der Waals surface area contributed by atoms with E-state index in [9.17, 15) is 0 Å². The summed E-state index contributed by atoms with van der Waals surface area (Å²) in [6.07, 6.45) is 8.41. The summed E-state index contributed by atoms with van der Waals surface area (Å²) in [4.78, 5) is 2.69. The number of ether oxygens (including phenoxy) is 1. The van der Waals surface area contributed by atoms with Crippen LogP contribution >= 0.6 is 0 Å². The fourth-order valence-electron chi connectivity index (χ4n) is 3.24. The summed E-state index contributed by atoms with van der Waals surface area (Å²) in [6, 6.07) is 1.48. The molecule has 1 heterocycles. The highest BCUT2D eigenvalue weighted by Crippen LogP contribution is 2.26. The second-order valence-corrected chi connectivity index (χ2v) is 5.30. The predicted molar refractivity (Wildman–Crippen MR) is 66.7 cm³/mol. The van der Waals surface area contributed by atoms with E-state index < -0.39 is 0 Å². The highest BCUT2D eigenvalue weighted by Gasteiger charge is 2.29. The van der Waals surface area contributed by atoms with Crippen LogP contribution in [0, 0.1) is 0 Å². The highest BCUT2D eigenvalue weighted by molar-refractivity contribution is 4.86. The van der Waals surface area contributed by atoms with Crippen molar-refractivity contribution in [3.8, 4) is 0 Å². The van der Waals surface area contributed by atoms with Gasteiger partial charge in [0.15, 0.2) is 0 Å². The third-order valence-electron chi connectivity index (χ3n) is 4.31. The van der Waals surface area contributed by atoms with E-state index in [1.54, 1.807) is 0 Å². The van der Waals surface area contributed by atoms with Crippen molar-refractivity contribution in [2.45, 2.75) is 56.7 Å². The zero-order valence-electron chi connectivity index (χ0n) is 10.7. The molecule has 0 aromatic heterocycles. The molecule has 3 heteroatoms. The number of methoxy groups -OCH3 is 1. The number of rotatable bonds is 3. The molecule has 0 amide bonds. The van der Waals surface area contributed by atoms with Crippen LogP contribution in [0.15, 0.2) is 0 Å². The Kier molecular flexibility index (Phi) is 4.62. The monoisotopic (exact) mass is 226 g/mol. The maximum absolute atomic E-state index is 5.52. The Morgan fingerprint density at radius 1 is 1.19 bits per heavy atom. The molecule has 2 rings (SSSR count). The Hall–Kier alpha value is -0.120. The maximum atomic E-state index is 5.52. The number of hydrogen-bond donors (Lipinski definition) is 1. The van der Waals surface area contributed by atoms with Crippen LogP contribution in [0.3, 0.4) is 0 Å². The molecular weight excluding hydrogens is 200 g/mol. The largest absolute Gasteiger partial charge is 0.381 e. The second kappa shape index (κ2) is 5.99. The van der Waals surface area contributed by atoms with Crippen molar-refractivity contribution >= 4 is 0 Å². The van der Waals surface area contributed by atoms with E-state index >= 15 is 0 Å². The van der Waals surface area contributed by atoms with Gasteiger partial charge >= 0.3 is 0 Å². The first-order valence-corrected chi connectivity index (χ1v) is 6.77. The molecule has 0 aromatic carbocycles. The van der Waals surface area contributed by atoms with Crippen molar-refractivity contribution in [1.29, 1.82) is 0 Å². The van der Waals surface area contributed by atoms with Crippen molar-refractivity contribution < 1.29 is 4.74 Å². The summed E-state index contributed by atoms with van der Waals surface area (Å²) >= 11 is 0. The molecule has 3 atom stereocenters. The Labute approximate surface area is 99.5 Å². The molecule has 1 N–H and O–H groups in total. The fraction of sp³-hybridized carbons (Fsp3) is 1.00. The third kappa shape index (κ3) is 2.96. The molecule has 0 spiro atoms. The van der Waals surface area contributed by atoms with Crippen LogP contribution in [0.1, 0.15) is 38.5 Å². The van der Waals surface area contributed by atoms with Crippen molar-refractivity contribution in [1.82, 2.24) is 10.2 Å². The van der Waals surface area contributed by atoms with Gasteiger partial charge in [-0.1, -0.05) is 0 Å². The minimum atomic E-state index is 0.508. The van der Waals surface area contributed by atoms with Crippen LogP contribution in [-0.2, 0) is 4.74 Å². The summed E-state index contributed by atoms with van der Waals surface area (Å²) in [6.45, 7) is 2.52. The van der Waals surface area contributed by atoms with Gasteiger partial charge < -0.3 is 10.1 Å². The van der Waals surface area contributed by atoms with Crippen molar-refractivity contribution in [2.75, 3.05) is 27.2 Å². The van der Waals surface area contributed by atoms with Crippen LogP contribution in [-0.4, -0.2) is 50.3 Å². The number of piperidine rings is 1. The average molecular weight is 226 g/mol. The first-order valence-electron chi connectivity index (χ1n) is 6.77. The van der Waals surface area contributed by atoms with Crippen LogP contribution < -0.4 is 5.32 Å². The SMILES string of the molecule is CNC1CCCN(C2CCCC(OC)C2)C1. The summed E-state index contributed by atoms with van der Waals surface area (Å²) in [5.74, 6) is 0. The van der Waals surface area contributed by atoms with E-state index in [4.69, 9.17) is 4.74 Å². The maximum Gasteiger partial charge on any atom is 0.0586 e. The predicted octanol–water partition coefficient (Wildman–Crippen LogP) is 1.63. The Morgan fingerprint density at radius 2 is 2.06 bits per heavy atom. The van der Waals surface area contributed by atoms with E-state index in [1.807, 2.05) is 7.11 Å². The fourth-order valence-corrected chi connectivity index (χ4v) is 3.24. The van der Waals surface area contributed by atoms with Crippen LogP contribution in [0.5, 0.6) is 0 Å². The van der Waals surface area contributed by atoms with E-state index in [2.05, 4.69) is 17.3 Å². The van der Waals surface area contributed by atoms with Crippen LogP contribution in [0.4, 0.5) is 0 Å². The quantitative estimate of drug-likeness (QED) is 0.791. The lowest BCUT2D eigenvalue weighted by molar-refractivity contribution is 0.0188. The van der Waals surface area contributed by atoms with Gasteiger partial charge in [0.25, 0.3) is 0 Å². The first kappa shape index (κ1) is 12.3. The lowest BCUT2D eigenvalue weighted by Gasteiger charge is -2.41. The standard InChI is InChI=1S/C13H26N2O/c1-14-11-5-4-8-15(10-11)12-6-3-7-13(9-12)16-2/h11-14H,3-10H2,1-2H3. The second-order valence-electron chi connectivity index (χ2n) is 5.30. The van der Waals surface area contributed by atoms with Gasteiger partial charge in [-0.15, -0.1) is 0 Å². The molecule has 3 nitrogen and oxygen atoms in total. The summed E-state index contributed by atoms with van der Waals surface area (Å²) in [5, 5.41) is 3.43. The number of nitrogens with zero attached hydrogens (tertiary/aromatic N) is 1. The molecule has 1 saturated carbocycles. The molecule has 0 radical (unpaired) electrons. The van der Waals surface area contributed by atoms with Crippen LogP contribution in [0.2, 0.25) is 0 Å². The highest BCUT2D eigenvalue weighted by atomic mass is 16.5. The minimum absolute atomic E-state index is 0.508. The molecule has 1 aliphatic carbocycles. The third-order valence-corrected chi connectivity index (χ3v) is 4.31. The van der Waals surface area contributed by atoms with E-state index in [1.165, 1.54) is 51.6 Å². The van der Waals surface area contributed by atoms with Gasteiger partial charge in [0.1, 0.15) is 0 Å². The number of likely N-dealkylation sites (N-methyl/N-ethyl adjacent to an activating group) is 1. The molecule has 1 aliphatic heterocycles. The lowest BCUT2D eigenvalue weighted by Crippen LogP contribution is -2.50. The zero-order chi connectivity index (χ0) is 11.4. The molecule has 0 aromatic rings. The molecule has 1 saturated heterocycles. The number of likely N-dealkylation sites (tertiary alicyclic amines) is 1. The summed E-state index contributed by atoms with van der Waals surface area (Å²) < 4.78 is 5.52. The van der Waals surface area contributed by atoms with Gasteiger partial charge in [-0.3, -0.25) is 4.90 Å². The Balaban J connectivity index is 1.85. The molecule has 2 fully saturated rings. The molecule has 94 valence electrons. The Bertz CT molecular complexity index is 188. The van der Waals surface area contributed by atoms with Gasteiger partial charge in [-0.05, 0) is 52.1 Å². The summed E-state index contributed by atoms with van der Waals surface area (Å²) in [5.41, 5.74) is 0.